The van der Waals surface area contributed by atoms with E-state index in [1.807, 2.05) is 0 Å². The molecule has 1 amide bonds. The number of rotatable bonds is 8. The Morgan fingerprint density at radius 1 is 1.15 bits per heavy atom. The number of aromatic nitrogens is 2. The van der Waals surface area contributed by atoms with Gasteiger partial charge in [-0.3, -0.25) is 4.79 Å². The predicted molar refractivity (Wildman–Crippen MR) is 98.1 cm³/mol. The lowest BCUT2D eigenvalue weighted by atomic mass is 10.1. The quantitative estimate of drug-likeness (QED) is 0.757. The van der Waals surface area contributed by atoms with Gasteiger partial charge in [-0.1, -0.05) is 18.0 Å². The van der Waals surface area contributed by atoms with Crippen molar-refractivity contribution in [1.29, 1.82) is 0 Å². The van der Waals surface area contributed by atoms with E-state index in [0.29, 0.717) is 47.5 Å². The second kappa shape index (κ2) is 8.75. The molecule has 8 nitrogen and oxygen atoms in total. The van der Waals surface area contributed by atoms with Crippen molar-refractivity contribution in [3.05, 3.63) is 18.0 Å². The van der Waals surface area contributed by atoms with Gasteiger partial charge >= 0.3 is 0 Å². The molecule has 0 atom stereocenters. The topological polar surface area (TPSA) is 95.7 Å². The van der Waals surface area contributed by atoms with E-state index in [-0.39, 0.29) is 11.8 Å². The summed E-state index contributed by atoms with van der Waals surface area (Å²) in [6, 6.07) is 3.52. The van der Waals surface area contributed by atoms with Gasteiger partial charge in [-0.15, -0.1) is 0 Å². The molecule has 1 fully saturated rings. The molecule has 1 aliphatic carbocycles. The first kappa shape index (κ1) is 19.0. The maximum absolute atomic E-state index is 12.0. The molecule has 27 heavy (non-hydrogen) atoms. The lowest BCUT2D eigenvalue weighted by Gasteiger charge is -2.12. The Morgan fingerprint density at radius 2 is 1.81 bits per heavy atom. The summed E-state index contributed by atoms with van der Waals surface area (Å²) in [5, 5.41) is 6.97. The average molecular weight is 375 g/mol. The third-order valence-corrected chi connectivity index (χ3v) is 4.76. The Bertz CT molecular complexity index is 758. The smallest absolute Gasteiger partial charge is 0.228 e. The molecule has 0 spiro atoms. The highest BCUT2D eigenvalue weighted by molar-refractivity contribution is 5.78. The molecule has 1 heterocycles. The summed E-state index contributed by atoms with van der Waals surface area (Å²) < 4.78 is 21.3. The number of amides is 1. The standard InChI is InChI=1S/C19H25N3O5/c1-24-14-10-13(11-15(25-2)17(14)26-3)18-21-16(27-22-18)8-9-20-19(23)12-6-4-5-7-12/h10-12H,4-9H2,1-3H3,(H,20,23). The minimum absolute atomic E-state index is 0.122. The van der Waals surface area contributed by atoms with Crippen LogP contribution in [0.2, 0.25) is 0 Å². The van der Waals surface area contributed by atoms with Gasteiger partial charge in [0, 0.05) is 24.4 Å². The largest absolute Gasteiger partial charge is 0.493 e. The van der Waals surface area contributed by atoms with E-state index in [9.17, 15) is 4.79 Å². The molecular formula is C19H25N3O5. The van der Waals surface area contributed by atoms with E-state index in [4.69, 9.17) is 18.7 Å². The van der Waals surface area contributed by atoms with Crippen molar-refractivity contribution >= 4 is 5.91 Å². The number of nitrogens with one attached hydrogen (secondary N) is 1. The summed E-state index contributed by atoms with van der Waals surface area (Å²) in [4.78, 5) is 16.4. The van der Waals surface area contributed by atoms with Gasteiger partial charge in [0.15, 0.2) is 11.5 Å². The molecule has 0 saturated heterocycles. The predicted octanol–water partition coefficient (Wildman–Crippen LogP) is 2.61. The molecule has 146 valence electrons. The van der Waals surface area contributed by atoms with Crippen LogP contribution in [-0.2, 0) is 11.2 Å². The van der Waals surface area contributed by atoms with Gasteiger partial charge in [-0.2, -0.15) is 4.98 Å². The molecular weight excluding hydrogens is 350 g/mol. The van der Waals surface area contributed by atoms with Crippen LogP contribution in [0.3, 0.4) is 0 Å². The van der Waals surface area contributed by atoms with Gasteiger partial charge in [0.25, 0.3) is 0 Å². The van der Waals surface area contributed by atoms with Crippen LogP contribution in [0.4, 0.5) is 0 Å². The van der Waals surface area contributed by atoms with E-state index < -0.39 is 0 Å². The fourth-order valence-electron chi connectivity index (χ4n) is 3.31. The SMILES string of the molecule is COc1cc(-c2noc(CCNC(=O)C3CCCC3)n2)cc(OC)c1OC. The molecule has 3 rings (SSSR count). The van der Waals surface area contributed by atoms with Crippen LogP contribution in [-0.4, -0.2) is 43.9 Å². The second-order valence-electron chi connectivity index (χ2n) is 6.45. The molecule has 0 bridgehead atoms. The van der Waals surface area contributed by atoms with Crippen molar-refractivity contribution in [2.24, 2.45) is 5.92 Å². The number of carbonyl (C=O) groups excluding carboxylic acids is 1. The summed E-state index contributed by atoms with van der Waals surface area (Å²) >= 11 is 0. The fraction of sp³-hybridized carbons (Fsp3) is 0.526. The minimum Gasteiger partial charge on any atom is -0.493 e. The van der Waals surface area contributed by atoms with Crippen molar-refractivity contribution in [3.63, 3.8) is 0 Å². The third-order valence-electron chi connectivity index (χ3n) is 4.76. The third kappa shape index (κ3) is 4.32. The Kier molecular flexibility index (Phi) is 6.16. The highest BCUT2D eigenvalue weighted by atomic mass is 16.5. The molecule has 0 unspecified atom stereocenters. The van der Waals surface area contributed by atoms with Crippen molar-refractivity contribution in [1.82, 2.24) is 15.5 Å². The number of hydrogen-bond donors (Lipinski definition) is 1. The Balaban J connectivity index is 1.65. The normalized spacial score (nSPS) is 14.2. The molecule has 1 aromatic heterocycles. The Hall–Kier alpha value is -2.77. The van der Waals surface area contributed by atoms with E-state index >= 15 is 0 Å². The zero-order valence-corrected chi connectivity index (χ0v) is 15.9. The van der Waals surface area contributed by atoms with Gasteiger partial charge in [0.05, 0.1) is 21.3 Å². The highest BCUT2D eigenvalue weighted by Gasteiger charge is 2.22. The zero-order chi connectivity index (χ0) is 19.2. The fourth-order valence-corrected chi connectivity index (χ4v) is 3.31. The van der Waals surface area contributed by atoms with Crippen molar-refractivity contribution in [2.45, 2.75) is 32.1 Å². The van der Waals surface area contributed by atoms with Crippen molar-refractivity contribution in [2.75, 3.05) is 27.9 Å². The van der Waals surface area contributed by atoms with Crippen LogP contribution in [0.15, 0.2) is 16.7 Å². The van der Waals surface area contributed by atoms with Gasteiger partial charge < -0.3 is 24.1 Å². The number of benzene rings is 1. The molecule has 8 heteroatoms. The maximum Gasteiger partial charge on any atom is 0.228 e. The van der Waals surface area contributed by atoms with Crippen molar-refractivity contribution < 1.29 is 23.5 Å². The minimum atomic E-state index is 0.122. The molecule has 1 aliphatic rings. The molecule has 2 aromatic rings. The number of ether oxygens (including phenoxy) is 3. The lowest BCUT2D eigenvalue weighted by Crippen LogP contribution is -2.30. The molecule has 1 saturated carbocycles. The Labute approximate surface area is 158 Å². The average Bonchev–Trinajstić information content (AvgIpc) is 3.38. The summed E-state index contributed by atoms with van der Waals surface area (Å²) in [6.45, 7) is 0.478. The molecule has 0 aliphatic heterocycles. The molecule has 1 N–H and O–H groups in total. The summed E-state index contributed by atoms with van der Waals surface area (Å²) in [5.41, 5.74) is 0.689. The number of hydrogen-bond acceptors (Lipinski definition) is 7. The van der Waals surface area contributed by atoms with Crippen LogP contribution in [0.1, 0.15) is 31.6 Å². The van der Waals surface area contributed by atoms with Crippen LogP contribution >= 0.6 is 0 Å². The van der Waals surface area contributed by atoms with E-state index in [1.54, 1.807) is 33.5 Å². The van der Waals surface area contributed by atoms with Gasteiger partial charge in [0.2, 0.25) is 23.4 Å². The number of methoxy groups -OCH3 is 3. The summed E-state index contributed by atoms with van der Waals surface area (Å²) in [7, 11) is 4.65. The van der Waals surface area contributed by atoms with Gasteiger partial charge in [0.1, 0.15) is 0 Å². The first-order chi connectivity index (χ1) is 13.2. The van der Waals surface area contributed by atoms with Crippen molar-refractivity contribution in [3.8, 4) is 28.6 Å². The number of carbonyl (C=O) groups is 1. The molecule has 0 radical (unpaired) electrons. The first-order valence-corrected chi connectivity index (χ1v) is 9.07. The summed E-state index contributed by atoms with van der Waals surface area (Å²) in [6.07, 6.45) is 4.73. The first-order valence-electron chi connectivity index (χ1n) is 9.07. The van der Waals surface area contributed by atoms with E-state index in [2.05, 4.69) is 15.5 Å². The Morgan fingerprint density at radius 3 is 2.41 bits per heavy atom. The van der Waals surface area contributed by atoms with E-state index in [1.165, 1.54) is 0 Å². The van der Waals surface area contributed by atoms with E-state index in [0.717, 1.165) is 25.7 Å². The van der Waals surface area contributed by atoms with Crippen LogP contribution in [0.5, 0.6) is 17.2 Å². The van der Waals surface area contributed by atoms with Gasteiger partial charge in [-0.25, -0.2) is 0 Å². The van der Waals surface area contributed by atoms with Crippen LogP contribution in [0.25, 0.3) is 11.4 Å². The zero-order valence-electron chi connectivity index (χ0n) is 15.9. The molecule has 1 aromatic carbocycles. The monoisotopic (exact) mass is 375 g/mol. The maximum atomic E-state index is 12.0. The number of nitrogens with zero attached hydrogens (tertiary/aromatic N) is 2. The highest BCUT2D eigenvalue weighted by Crippen LogP contribution is 2.40. The lowest BCUT2D eigenvalue weighted by molar-refractivity contribution is -0.124. The van der Waals surface area contributed by atoms with Crippen LogP contribution < -0.4 is 19.5 Å². The second-order valence-corrected chi connectivity index (χ2v) is 6.45. The van der Waals surface area contributed by atoms with Gasteiger partial charge in [-0.05, 0) is 25.0 Å². The summed E-state index contributed by atoms with van der Waals surface area (Å²) in [5.74, 6) is 2.70. The van der Waals surface area contributed by atoms with Crippen LogP contribution in [0, 0.1) is 5.92 Å².